The summed E-state index contributed by atoms with van der Waals surface area (Å²) in [5, 5.41) is 0.585. The number of unbranched alkanes of at least 4 members (excludes halogenated alkanes) is 1. The third kappa shape index (κ3) is 2.47. The molecule has 1 aromatic carbocycles. The Bertz CT molecular complexity index is 498. The monoisotopic (exact) mass is 300 g/mol. The molecule has 3 nitrogen and oxygen atoms in total. The maximum atomic E-state index is 5.68. The number of nitrogen functional groups attached to an aromatic ring is 1. The average molecular weight is 301 g/mol. The zero-order chi connectivity index (χ0) is 11.5. The molecule has 5 heteroatoms. The molecule has 0 aliphatic carbocycles. The van der Waals surface area contributed by atoms with Crippen molar-refractivity contribution in [3.05, 3.63) is 16.6 Å². The van der Waals surface area contributed by atoms with Crippen LogP contribution in [0.25, 0.3) is 10.2 Å². The number of fused-ring (bicyclic) bond motifs is 1. The first-order chi connectivity index (χ1) is 7.70. The summed E-state index contributed by atoms with van der Waals surface area (Å²) in [5.41, 5.74) is 6.57. The van der Waals surface area contributed by atoms with E-state index in [1.165, 1.54) is 11.3 Å². The van der Waals surface area contributed by atoms with E-state index in [-0.39, 0.29) is 0 Å². The number of thiazole rings is 1. The van der Waals surface area contributed by atoms with Crippen molar-refractivity contribution in [2.75, 3.05) is 12.3 Å². The third-order valence-electron chi connectivity index (χ3n) is 2.20. The van der Waals surface area contributed by atoms with Crippen molar-refractivity contribution in [2.24, 2.45) is 0 Å². The fourth-order valence-corrected chi connectivity index (χ4v) is 2.79. The van der Waals surface area contributed by atoms with Crippen LogP contribution in [0.2, 0.25) is 0 Å². The van der Waals surface area contributed by atoms with Crippen molar-refractivity contribution in [1.82, 2.24) is 4.98 Å². The van der Waals surface area contributed by atoms with Gasteiger partial charge in [-0.15, -0.1) is 0 Å². The van der Waals surface area contributed by atoms with E-state index in [0.717, 1.165) is 39.9 Å². The molecule has 2 rings (SSSR count). The lowest BCUT2D eigenvalue weighted by Gasteiger charge is -2.05. The first-order valence-electron chi connectivity index (χ1n) is 5.19. The van der Waals surface area contributed by atoms with Crippen LogP contribution in [-0.4, -0.2) is 11.6 Å². The highest BCUT2D eigenvalue weighted by molar-refractivity contribution is 9.10. The molecular weight excluding hydrogens is 288 g/mol. The number of hydrogen-bond donors (Lipinski definition) is 1. The van der Waals surface area contributed by atoms with Gasteiger partial charge in [0.15, 0.2) is 5.13 Å². The zero-order valence-corrected chi connectivity index (χ0v) is 11.4. The fraction of sp³-hybridized carbons (Fsp3) is 0.364. The number of rotatable bonds is 4. The van der Waals surface area contributed by atoms with Crippen molar-refractivity contribution >= 4 is 42.6 Å². The number of halogens is 1. The van der Waals surface area contributed by atoms with E-state index in [1.807, 2.05) is 12.1 Å². The van der Waals surface area contributed by atoms with Gasteiger partial charge >= 0.3 is 0 Å². The van der Waals surface area contributed by atoms with Crippen LogP contribution in [-0.2, 0) is 0 Å². The van der Waals surface area contributed by atoms with E-state index in [1.54, 1.807) is 0 Å². The summed E-state index contributed by atoms with van der Waals surface area (Å²) in [6, 6.07) is 3.90. The molecule has 0 aliphatic heterocycles. The molecule has 0 atom stereocenters. The Balaban J connectivity index is 2.27. The Morgan fingerprint density at radius 3 is 3.06 bits per heavy atom. The molecule has 1 aromatic heterocycles. The van der Waals surface area contributed by atoms with Gasteiger partial charge < -0.3 is 10.5 Å². The molecule has 0 radical (unpaired) electrons. The second-order valence-corrected chi connectivity index (χ2v) is 5.39. The topological polar surface area (TPSA) is 48.1 Å². The summed E-state index contributed by atoms with van der Waals surface area (Å²) in [5.74, 6) is 0.845. The summed E-state index contributed by atoms with van der Waals surface area (Å²) in [6.07, 6.45) is 2.20. The maximum absolute atomic E-state index is 5.68. The number of nitrogens with zero attached hydrogens (tertiary/aromatic N) is 1. The maximum Gasteiger partial charge on any atom is 0.181 e. The van der Waals surface area contributed by atoms with Crippen molar-refractivity contribution in [1.29, 1.82) is 0 Å². The molecule has 0 spiro atoms. The van der Waals surface area contributed by atoms with Crippen LogP contribution in [0.4, 0.5) is 5.13 Å². The van der Waals surface area contributed by atoms with E-state index >= 15 is 0 Å². The van der Waals surface area contributed by atoms with Gasteiger partial charge in [-0.05, 0) is 28.4 Å². The Morgan fingerprint density at radius 2 is 2.31 bits per heavy atom. The molecule has 2 N–H and O–H groups in total. The van der Waals surface area contributed by atoms with Crippen molar-refractivity contribution in [3.63, 3.8) is 0 Å². The zero-order valence-electron chi connectivity index (χ0n) is 9.00. The van der Waals surface area contributed by atoms with Gasteiger partial charge in [-0.1, -0.05) is 24.7 Å². The lowest BCUT2D eigenvalue weighted by Crippen LogP contribution is -1.96. The van der Waals surface area contributed by atoms with Crippen LogP contribution in [0, 0.1) is 0 Å². The summed E-state index contributed by atoms with van der Waals surface area (Å²) in [6.45, 7) is 2.89. The van der Waals surface area contributed by atoms with Gasteiger partial charge in [0.25, 0.3) is 0 Å². The van der Waals surface area contributed by atoms with Crippen molar-refractivity contribution in [3.8, 4) is 5.75 Å². The van der Waals surface area contributed by atoms with E-state index in [4.69, 9.17) is 10.5 Å². The minimum atomic E-state index is 0.585. The van der Waals surface area contributed by atoms with Crippen LogP contribution in [0.15, 0.2) is 16.6 Å². The van der Waals surface area contributed by atoms with Crippen LogP contribution < -0.4 is 10.5 Å². The number of ether oxygens (including phenoxy) is 1. The number of anilines is 1. The van der Waals surface area contributed by atoms with Gasteiger partial charge in [-0.3, -0.25) is 0 Å². The molecular formula is C11H13BrN2OS. The molecule has 0 bridgehead atoms. The minimum absolute atomic E-state index is 0.585. The van der Waals surface area contributed by atoms with Gasteiger partial charge in [0, 0.05) is 10.5 Å². The van der Waals surface area contributed by atoms with Gasteiger partial charge in [0.2, 0.25) is 0 Å². The number of aromatic nitrogens is 1. The second kappa shape index (κ2) is 5.01. The highest BCUT2D eigenvalue weighted by atomic mass is 79.9. The molecule has 86 valence electrons. The number of hydrogen-bond acceptors (Lipinski definition) is 4. The summed E-state index contributed by atoms with van der Waals surface area (Å²) < 4.78 is 7.70. The first kappa shape index (κ1) is 11.7. The van der Waals surface area contributed by atoms with E-state index in [2.05, 4.69) is 27.8 Å². The molecule has 0 aliphatic rings. The predicted molar refractivity (Wildman–Crippen MR) is 72.1 cm³/mol. The minimum Gasteiger partial charge on any atom is -0.493 e. The Kier molecular flexibility index (Phi) is 3.66. The highest BCUT2D eigenvalue weighted by Gasteiger charge is 2.07. The summed E-state index contributed by atoms with van der Waals surface area (Å²) in [7, 11) is 0. The lowest BCUT2D eigenvalue weighted by molar-refractivity contribution is 0.309. The molecule has 0 fully saturated rings. The Hall–Kier alpha value is -0.810. The fourth-order valence-electron chi connectivity index (χ4n) is 1.40. The SMILES string of the molecule is CCCCOc1cc(Br)c2sc(N)nc2c1. The summed E-state index contributed by atoms with van der Waals surface area (Å²) >= 11 is 4.98. The van der Waals surface area contributed by atoms with E-state index in [0.29, 0.717) is 5.13 Å². The van der Waals surface area contributed by atoms with E-state index < -0.39 is 0 Å². The molecule has 0 unspecified atom stereocenters. The summed E-state index contributed by atoms with van der Waals surface area (Å²) in [4.78, 5) is 4.25. The van der Waals surface area contributed by atoms with Gasteiger partial charge in [-0.2, -0.15) is 0 Å². The standard InChI is InChI=1S/C11H13BrN2OS/c1-2-3-4-15-7-5-8(12)10-9(6-7)14-11(13)16-10/h5-6H,2-4H2,1H3,(H2,13,14). The Labute approximate surface area is 107 Å². The number of benzene rings is 1. The molecule has 0 saturated heterocycles. The van der Waals surface area contributed by atoms with Crippen LogP contribution >= 0.6 is 27.3 Å². The van der Waals surface area contributed by atoms with Crippen LogP contribution in [0.1, 0.15) is 19.8 Å². The average Bonchev–Trinajstić information content (AvgIpc) is 2.60. The van der Waals surface area contributed by atoms with Gasteiger partial charge in [0.1, 0.15) is 5.75 Å². The second-order valence-electron chi connectivity index (χ2n) is 3.51. The third-order valence-corrected chi connectivity index (χ3v) is 4.02. The number of nitrogens with two attached hydrogens (primary N) is 1. The quantitative estimate of drug-likeness (QED) is 0.873. The van der Waals surface area contributed by atoms with Crippen molar-refractivity contribution < 1.29 is 4.74 Å². The molecule has 0 amide bonds. The highest BCUT2D eigenvalue weighted by Crippen LogP contribution is 2.34. The van der Waals surface area contributed by atoms with E-state index in [9.17, 15) is 0 Å². The normalized spacial score (nSPS) is 10.9. The molecule has 16 heavy (non-hydrogen) atoms. The molecule has 0 saturated carbocycles. The first-order valence-corrected chi connectivity index (χ1v) is 6.80. The molecule has 1 heterocycles. The predicted octanol–water partition coefficient (Wildman–Crippen LogP) is 3.82. The van der Waals surface area contributed by atoms with Gasteiger partial charge in [-0.25, -0.2) is 4.98 Å². The lowest BCUT2D eigenvalue weighted by atomic mass is 10.3. The Morgan fingerprint density at radius 1 is 1.50 bits per heavy atom. The van der Waals surface area contributed by atoms with Crippen molar-refractivity contribution in [2.45, 2.75) is 19.8 Å². The van der Waals surface area contributed by atoms with Gasteiger partial charge in [0.05, 0.1) is 16.8 Å². The van der Waals surface area contributed by atoms with Crippen LogP contribution in [0.5, 0.6) is 5.75 Å². The smallest absolute Gasteiger partial charge is 0.181 e. The largest absolute Gasteiger partial charge is 0.493 e. The molecule has 2 aromatic rings. The van der Waals surface area contributed by atoms with Crippen LogP contribution in [0.3, 0.4) is 0 Å².